The predicted molar refractivity (Wildman–Crippen MR) is 91.2 cm³/mol. The van der Waals surface area contributed by atoms with Crippen LogP contribution in [0.3, 0.4) is 0 Å². The van der Waals surface area contributed by atoms with Gasteiger partial charge in [-0.25, -0.2) is 4.79 Å². The average Bonchev–Trinajstić information content (AvgIpc) is 2.61. The second-order valence-corrected chi connectivity index (χ2v) is 5.57. The number of aliphatic carboxylic acids is 1. The highest BCUT2D eigenvalue weighted by molar-refractivity contribution is 5.85. The van der Waals surface area contributed by atoms with Crippen molar-refractivity contribution in [3.05, 3.63) is 75.3 Å². The van der Waals surface area contributed by atoms with Gasteiger partial charge in [-0.15, -0.1) is 0 Å². The average molecular weight is 353 g/mol. The van der Waals surface area contributed by atoms with Crippen molar-refractivity contribution in [3.8, 4) is 6.07 Å². The summed E-state index contributed by atoms with van der Waals surface area (Å²) in [6, 6.07) is 12.8. The van der Waals surface area contributed by atoms with Crippen molar-refractivity contribution in [3.63, 3.8) is 0 Å². The van der Waals surface area contributed by atoms with Gasteiger partial charge in [0.15, 0.2) is 0 Å². The van der Waals surface area contributed by atoms with Crippen LogP contribution in [0.2, 0.25) is 0 Å². The van der Waals surface area contributed by atoms with E-state index in [4.69, 9.17) is 5.26 Å². The van der Waals surface area contributed by atoms with E-state index in [0.717, 1.165) is 0 Å². The monoisotopic (exact) mass is 353 g/mol. The summed E-state index contributed by atoms with van der Waals surface area (Å²) in [6.07, 6.45) is -0.111. The molecule has 0 spiro atoms. The van der Waals surface area contributed by atoms with Crippen molar-refractivity contribution in [2.45, 2.75) is 18.9 Å². The van der Waals surface area contributed by atoms with Gasteiger partial charge in [0, 0.05) is 18.6 Å². The number of carboxylic acid groups (broad SMARTS) is 1. The fourth-order valence-electron chi connectivity index (χ4n) is 2.36. The lowest BCUT2D eigenvalue weighted by Gasteiger charge is -2.15. The van der Waals surface area contributed by atoms with E-state index in [1.165, 1.54) is 18.2 Å². The van der Waals surface area contributed by atoms with Gasteiger partial charge < -0.3 is 10.4 Å². The Morgan fingerprint density at radius 2 is 1.88 bits per heavy atom. The molecule has 0 aliphatic rings. The van der Waals surface area contributed by atoms with E-state index in [9.17, 15) is 24.8 Å². The van der Waals surface area contributed by atoms with Gasteiger partial charge in [-0.05, 0) is 23.3 Å². The van der Waals surface area contributed by atoms with Crippen LogP contribution in [0.5, 0.6) is 0 Å². The number of non-ortho nitro benzene ring substituents is 1. The van der Waals surface area contributed by atoms with Crippen LogP contribution < -0.4 is 5.32 Å². The molecule has 132 valence electrons. The number of benzene rings is 2. The molecular weight excluding hydrogens is 338 g/mol. The Balaban J connectivity index is 2.03. The summed E-state index contributed by atoms with van der Waals surface area (Å²) in [4.78, 5) is 33.7. The van der Waals surface area contributed by atoms with Crippen LogP contribution in [0.15, 0.2) is 48.5 Å². The Morgan fingerprint density at radius 1 is 1.19 bits per heavy atom. The highest BCUT2D eigenvalue weighted by Crippen LogP contribution is 2.14. The number of hydrogen-bond donors (Lipinski definition) is 2. The highest BCUT2D eigenvalue weighted by atomic mass is 16.6. The lowest BCUT2D eigenvalue weighted by atomic mass is 10.0. The number of nitrogens with zero attached hydrogens (tertiary/aromatic N) is 2. The van der Waals surface area contributed by atoms with Crippen molar-refractivity contribution < 1.29 is 19.6 Å². The summed E-state index contributed by atoms with van der Waals surface area (Å²) in [7, 11) is 0. The number of rotatable bonds is 7. The molecule has 0 bridgehead atoms. The molecule has 0 aliphatic heterocycles. The first-order chi connectivity index (χ1) is 12.4. The fraction of sp³-hybridized carbons (Fsp3) is 0.167. The molecule has 0 saturated carbocycles. The van der Waals surface area contributed by atoms with Crippen molar-refractivity contribution >= 4 is 17.6 Å². The largest absolute Gasteiger partial charge is 0.480 e. The Morgan fingerprint density at radius 3 is 2.46 bits per heavy atom. The molecule has 2 aromatic carbocycles. The summed E-state index contributed by atoms with van der Waals surface area (Å²) in [5, 5.41) is 31.3. The molecule has 2 aromatic rings. The van der Waals surface area contributed by atoms with Crippen LogP contribution in [-0.2, 0) is 22.4 Å². The number of nitrogens with one attached hydrogen (secondary N) is 1. The predicted octanol–water partition coefficient (Wildman–Crippen LogP) is 1.82. The maximum absolute atomic E-state index is 12.1. The quantitative estimate of drug-likeness (QED) is 0.576. The lowest BCUT2D eigenvalue weighted by Crippen LogP contribution is -2.43. The molecule has 2 rings (SSSR count). The summed E-state index contributed by atoms with van der Waals surface area (Å²) < 4.78 is 0. The SMILES string of the molecule is N#Cc1ccc(C[C@H](NC(=O)Cc2cccc([N+](=O)[O-])c2)C(=O)O)cc1. The molecule has 0 fully saturated rings. The summed E-state index contributed by atoms with van der Waals surface area (Å²) >= 11 is 0. The lowest BCUT2D eigenvalue weighted by molar-refractivity contribution is -0.384. The minimum Gasteiger partial charge on any atom is -0.480 e. The van der Waals surface area contributed by atoms with E-state index in [1.807, 2.05) is 6.07 Å². The molecule has 1 atom stereocenters. The van der Waals surface area contributed by atoms with Crippen molar-refractivity contribution in [2.75, 3.05) is 0 Å². The maximum Gasteiger partial charge on any atom is 0.326 e. The van der Waals surface area contributed by atoms with Crippen molar-refractivity contribution in [1.29, 1.82) is 5.26 Å². The van der Waals surface area contributed by atoms with E-state index in [0.29, 0.717) is 16.7 Å². The van der Waals surface area contributed by atoms with Gasteiger partial charge in [-0.2, -0.15) is 5.26 Å². The zero-order chi connectivity index (χ0) is 19.1. The minimum absolute atomic E-state index is 0.0573. The molecular formula is C18H15N3O5. The Bertz CT molecular complexity index is 871. The first-order valence-corrected chi connectivity index (χ1v) is 7.63. The molecule has 1 amide bonds. The third-order valence-corrected chi connectivity index (χ3v) is 3.64. The van der Waals surface area contributed by atoms with Crippen LogP contribution in [0.1, 0.15) is 16.7 Å². The fourth-order valence-corrected chi connectivity index (χ4v) is 2.36. The normalized spacial score (nSPS) is 11.2. The van der Waals surface area contributed by atoms with Crippen LogP contribution >= 0.6 is 0 Å². The van der Waals surface area contributed by atoms with Gasteiger partial charge in [0.05, 0.1) is 23.0 Å². The Kier molecular flexibility index (Phi) is 6.01. The van der Waals surface area contributed by atoms with Gasteiger partial charge in [0.25, 0.3) is 5.69 Å². The van der Waals surface area contributed by atoms with Gasteiger partial charge in [-0.1, -0.05) is 24.3 Å². The minimum atomic E-state index is -1.19. The number of carboxylic acids is 1. The van der Waals surface area contributed by atoms with Crippen LogP contribution in [0.25, 0.3) is 0 Å². The molecule has 0 heterocycles. The Hall–Kier alpha value is -3.73. The van der Waals surface area contributed by atoms with E-state index in [1.54, 1.807) is 30.3 Å². The number of hydrogen-bond acceptors (Lipinski definition) is 5. The van der Waals surface area contributed by atoms with E-state index in [2.05, 4.69) is 5.32 Å². The molecule has 2 N–H and O–H groups in total. The number of carbonyl (C=O) groups excluding carboxylic acids is 1. The summed E-state index contributed by atoms with van der Waals surface area (Å²) in [5.74, 6) is -1.74. The third-order valence-electron chi connectivity index (χ3n) is 3.64. The molecule has 8 nitrogen and oxygen atoms in total. The molecule has 26 heavy (non-hydrogen) atoms. The zero-order valence-corrected chi connectivity index (χ0v) is 13.6. The van der Waals surface area contributed by atoms with Crippen molar-refractivity contribution in [1.82, 2.24) is 5.32 Å². The third kappa shape index (κ3) is 5.14. The number of nitriles is 1. The number of amides is 1. The van der Waals surface area contributed by atoms with Gasteiger partial charge in [-0.3, -0.25) is 14.9 Å². The molecule has 0 radical (unpaired) electrons. The number of nitro benzene ring substituents is 1. The molecule has 0 saturated heterocycles. The van der Waals surface area contributed by atoms with Crippen LogP contribution in [0.4, 0.5) is 5.69 Å². The van der Waals surface area contributed by atoms with E-state index in [-0.39, 0.29) is 18.5 Å². The van der Waals surface area contributed by atoms with Crippen molar-refractivity contribution in [2.24, 2.45) is 0 Å². The summed E-state index contributed by atoms with van der Waals surface area (Å²) in [6.45, 7) is 0. The van der Waals surface area contributed by atoms with E-state index < -0.39 is 22.8 Å². The maximum atomic E-state index is 12.1. The number of carbonyl (C=O) groups is 2. The smallest absolute Gasteiger partial charge is 0.326 e. The van der Waals surface area contributed by atoms with Crippen LogP contribution in [0, 0.1) is 21.4 Å². The Labute approximate surface area is 148 Å². The molecule has 0 unspecified atom stereocenters. The van der Waals surface area contributed by atoms with Crippen LogP contribution in [-0.4, -0.2) is 27.9 Å². The zero-order valence-electron chi connectivity index (χ0n) is 13.6. The standard InChI is InChI=1S/C18H15N3O5/c19-11-13-6-4-12(5-7-13)9-16(18(23)24)20-17(22)10-14-2-1-3-15(8-14)21(25)26/h1-8,16H,9-10H2,(H,20,22)(H,23,24)/t16-/m0/s1. The summed E-state index contributed by atoms with van der Waals surface area (Å²) in [5.41, 5.74) is 1.39. The topological polar surface area (TPSA) is 133 Å². The molecule has 8 heteroatoms. The second-order valence-electron chi connectivity index (χ2n) is 5.57. The van der Waals surface area contributed by atoms with Gasteiger partial charge >= 0.3 is 5.97 Å². The van der Waals surface area contributed by atoms with Gasteiger partial charge in [0.2, 0.25) is 5.91 Å². The number of nitro groups is 1. The van der Waals surface area contributed by atoms with Gasteiger partial charge in [0.1, 0.15) is 6.04 Å². The highest BCUT2D eigenvalue weighted by Gasteiger charge is 2.21. The molecule has 0 aliphatic carbocycles. The first-order valence-electron chi connectivity index (χ1n) is 7.63. The first kappa shape index (κ1) is 18.6. The second kappa shape index (κ2) is 8.39. The molecule has 0 aromatic heterocycles. The van der Waals surface area contributed by atoms with E-state index >= 15 is 0 Å².